The average Bonchev–Trinajstić information content (AvgIpc) is 2.84. The number of hydrogen-bond donors (Lipinski definition) is 2. The lowest BCUT2D eigenvalue weighted by molar-refractivity contribution is 0.0206. The van der Waals surface area contributed by atoms with Crippen LogP contribution in [0.25, 0.3) is 0 Å². The van der Waals surface area contributed by atoms with E-state index in [1.54, 1.807) is 17.0 Å². The predicted octanol–water partition coefficient (Wildman–Crippen LogP) is 5.20. The first kappa shape index (κ1) is 25.9. The summed E-state index contributed by atoms with van der Waals surface area (Å²) in [6.45, 7) is 8.41. The van der Waals surface area contributed by atoms with Crippen molar-refractivity contribution >= 4 is 23.5 Å². The Morgan fingerprint density at radius 1 is 1.08 bits per heavy atom. The molecular formula is C28H33N5O4. The van der Waals surface area contributed by atoms with Gasteiger partial charge in [-0.2, -0.15) is 0 Å². The second-order valence-corrected chi connectivity index (χ2v) is 10.1. The number of nitrogen functional groups attached to an aromatic ring is 1. The Morgan fingerprint density at radius 2 is 1.84 bits per heavy atom. The summed E-state index contributed by atoms with van der Waals surface area (Å²) in [5.74, 6) is 1.48. The van der Waals surface area contributed by atoms with E-state index in [0.29, 0.717) is 36.0 Å². The molecule has 9 nitrogen and oxygen atoms in total. The van der Waals surface area contributed by atoms with E-state index in [1.165, 1.54) is 6.33 Å². The Labute approximate surface area is 217 Å². The molecule has 0 spiro atoms. The summed E-state index contributed by atoms with van der Waals surface area (Å²) >= 11 is 0. The van der Waals surface area contributed by atoms with Crippen molar-refractivity contribution in [2.24, 2.45) is 0 Å². The standard InChI is InChI=1S/C28H33N5O4/c1-18-15-21(36-20-10-6-5-7-11-20)12-13-22(18)24(34)23-25(29)30-17-31-26(23)32-19-9-8-14-33(16-19)27(35)37-28(2,3)4/h5-7,10-13,15,17,19H,8-9,14,16H2,1-4H3,(H3,29,30,31,32)/t19-/m1/s1. The number of piperidine rings is 1. The Kier molecular flexibility index (Phi) is 7.61. The van der Waals surface area contributed by atoms with Crippen LogP contribution >= 0.6 is 0 Å². The van der Waals surface area contributed by atoms with Gasteiger partial charge in [0.05, 0.1) is 0 Å². The number of carbonyl (C=O) groups is 2. The molecule has 1 atom stereocenters. The molecule has 1 aromatic heterocycles. The molecular weight excluding hydrogens is 470 g/mol. The fraction of sp³-hybridized carbons (Fsp3) is 0.357. The fourth-order valence-corrected chi connectivity index (χ4v) is 4.23. The lowest BCUT2D eigenvalue weighted by Crippen LogP contribution is -2.47. The van der Waals surface area contributed by atoms with E-state index in [0.717, 1.165) is 18.4 Å². The maximum atomic E-state index is 13.6. The van der Waals surface area contributed by atoms with Gasteiger partial charge in [-0.1, -0.05) is 18.2 Å². The second-order valence-electron chi connectivity index (χ2n) is 10.1. The lowest BCUT2D eigenvalue weighted by Gasteiger charge is -2.34. The van der Waals surface area contributed by atoms with Crippen LogP contribution in [0.15, 0.2) is 54.9 Å². The van der Waals surface area contributed by atoms with Gasteiger partial charge in [-0.25, -0.2) is 14.8 Å². The number of hydrogen-bond acceptors (Lipinski definition) is 8. The summed E-state index contributed by atoms with van der Waals surface area (Å²) in [4.78, 5) is 36.3. The highest BCUT2D eigenvalue weighted by atomic mass is 16.6. The van der Waals surface area contributed by atoms with Gasteiger partial charge in [0.1, 0.15) is 40.6 Å². The third kappa shape index (κ3) is 6.55. The molecule has 0 bridgehead atoms. The number of benzene rings is 2. The number of nitrogens with two attached hydrogens (primary N) is 1. The highest BCUT2D eigenvalue weighted by Crippen LogP contribution is 2.28. The highest BCUT2D eigenvalue weighted by Gasteiger charge is 2.29. The summed E-state index contributed by atoms with van der Waals surface area (Å²) in [6.07, 6.45) is 2.57. The molecule has 1 aliphatic heterocycles. The zero-order valence-corrected chi connectivity index (χ0v) is 21.7. The van der Waals surface area contributed by atoms with Crippen LogP contribution < -0.4 is 15.8 Å². The molecule has 194 valence electrons. The molecule has 3 N–H and O–H groups in total. The summed E-state index contributed by atoms with van der Waals surface area (Å²) in [5, 5.41) is 3.33. The average molecular weight is 504 g/mol. The quantitative estimate of drug-likeness (QED) is 0.440. The summed E-state index contributed by atoms with van der Waals surface area (Å²) in [5.41, 5.74) is 7.02. The van der Waals surface area contributed by atoms with Crippen LogP contribution in [0.4, 0.5) is 16.4 Å². The Balaban J connectivity index is 1.52. The number of nitrogens with zero attached hydrogens (tertiary/aromatic N) is 3. The van der Waals surface area contributed by atoms with Crippen molar-refractivity contribution in [3.63, 3.8) is 0 Å². The van der Waals surface area contributed by atoms with E-state index in [2.05, 4.69) is 15.3 Å². The van der Waals surface area contributed by atoms with E-state index < -0.39 is 5.60 Å². The molecule has 3 aromatic rings. The minimum absolute atomic E-state index is 0.0892. The monoisotopic (exact) mass is 503 g/mol. The molecule has 37 heavy (non-hydrogen) atoms. The predicted molar refractivity (Wildman–Crippen MR) is 142 cm³/mol. The summed E-state index contributed by atoms with van der Waals surface area (Å²) in [7, 11) is 0. The summed E-state index contributed by atoms with van der Waals surface area (Å²) < 4.78 is 11.4. The summed E-state index contributed by atoms with van der Waals surface area (Å²) in [6, 6.07) is 14.6. The van der Waals surface area contributed by atoms with Crippen molar-refractivity contribution in [2.75, 3.05) is 24.1 Å². The molecule has 1 fully saturated rings. The third-order valence-corrected chi connectivity index (χ3v) is 5.94. The minimum atomic E-state index is -0.572. The number of ether oxygens (including phenoxy) is 2. The van der Waals surface area contributed by atoms with E-state index in [9.17, 15) is 9.59 Å². The molecule has 0 radical (unpaired) electrons. The Hall–Kier alpha value is -4.14. The highest BCUT2D eigenvalue weighted by molar-refractivity contribution is 6.15. The molecule has 1 amide bonds. The van der Waals surface area contributed by atoms with Crippen LogP contribution in [0, 0.1) is 6.92 Å². The van der Waals surface area contributed by atoms with Crippen molar-refractivity contribution in [3.05, 3.63) is 71.5 Å². The van der Waals surface area contributed by atoms with Gasteiger partial charge in [-0.3, -0.25) is 4.79 Å². The molecule has 4 rings (SSSR count). The van der Waals surface area contributed by atoms with Gasteiger partial charge in [0.25, 0.3) is 0 Å². The van der Waals surface area contributed by atoms with Gasteiger partial charge >= 0.3 is 6.09 Å². The fourth-order valence-electron chi connectivity index (χ4n) is 4.23. The van der Waals surface area contributed by atoms with Crippen LogP contribution in [-0.4, -0.2) is 51.5 Å². The number of amides is 1. The molecule has 1 aliphatic rings. The van der Waals surface area contributed by atoms with Gasteiger partial charge in [0.15, 0.2) is 0 Å². The number of aryl methyl sites for hydroxylation is 1. The van der Waals surface area contributed by atoms with E-state index in [-0.39, 0.29) is 29.3 Å². The first-order chi connectivity index (χ1) is 17.6. The Morgan fingerprint density at radius 3 is 2.54 bits per heavy atom. The second kappa shape index (κ2) is 10.9. The number of nitrogens with one attached hydrogen (secondary N) is 1. The Bertz CT molecular complexity index is 1270. The van der Waals surface area contributed by atoms with Crippen molar-refractivity contribution in [3.8, 4) is 11.5 Å². The molecule has 0 unspecified atom stereocenters. The topological polar surface area (TPSA) is 120 Å². The van der Waals surface area contributed by atoms with Crippen molar-refractivity contribution < 1.29 is 19.1 Å². The van der Waals surface area contributed by atoms with Crippen LogP contribution in [0.2, 0.25) is 0 Å². The molecule has 0 saturated carbocycles. The van der Waals surface area contributed by atoms with Gasteiger partial charge in [0, 0.05) is 24.7 Å². The molecule has 1 saturated heterocycles. The smallest absolute Gasteiger partial charge is 0.410 e. The van der Waals surface area contributed by atoms with Crippen LogP contribution in [0.1, 0.15) is 55.1 Å². The van der Waals surface area contributed by atoms with E-state index in [1.807, 2.05) is 64.1 Å². The van der Waals surface area contributed by atoms with Crippen molar-refractivity contribution in [1.29, 1.82) is 0 Å². The zero-order chi connectivity index (χ0) is 26.6. The minimum Gasteiger partial charge on any atom is -0.457 e. The number of likely N-dealkylation sites (tertiary alicyclic amines) is 1. The molecule has 2 aromatic carbocycles. The lowest BCUT2D eigenvalue weighted by atomic mass is 9.98. The number of carbonyl (C=O) groups excluding carboxylic acids is 2. The number of ketones is 1. The molecule has 9 heteroatoms. The SMILES string of the molecule is Cc1cc(Oc2ccccc2)ccc1C(=O)c1c(N)ncnc1N[C@@H]1CCCN(C(=O)OC(C)(C)C)C1. The first-order valence-corrected chi connectivity index (χ1v) is 12.3. The van der Waals surface area contributed by atoms with E-state index >= 15 is 0 Å². The molecule has 0 aliphatic carbocycles. The van der Waals surface area contributed by atoms with Gasteiger partial charge in [0.2, 0.25) is 5.78 Å². The van der Waals surface area contributed by atoms with Gasteiger partial charge in [-0.15, -0.1) is 0 Å². The number of para-hydroxylation sites is 1. The van der Waals surface area contributed by atoms with Crippen LogP contribution in [-0.2, 0) is 4.74 Å². The maximum absolute atomic E-state index is 13.6. The van der Waals surface area contributed by atoms with Crippen molar-refractivity contribution in [2.45, 2.75) is 52.2 Å². The van der Waals surface area contributed by atoms with Crippen LogP contribution in [0.3, 0.4) is 0 Å². The largest absolute Gasteiger partial charge is 0.457 e. The van der Waals surface area contributed by atoms with Crippen molar-refractivity contribution in [1.82, 2.24) is 14.9 Å². The molecule has 2 heterocycles. The normalized spacial score (nSPS) is 15.7. The van der Waals surface area contributed by atoms with E-state index in [4.69, 9.17) is 15.2 Å². The third-order valence-electron chi connectivity index (χ3n) is 5.94. The number of rotatable bonds is 6. The van der Waals surface area contributed by atoms with Crippen LogP contribution in [0.5, 0.6) is 11.5 Å². The zero-order valence-electron chi connectivity index (χ0n) is 21.7. The van der Waals surface area contributed by atoms with Gasteiger partial charge < -0.3 is 25.4 Å². The van der Waals surface area contributed by atoms with Gasteiger partial charge in [-0.05, 0) is 76.4 Å². The number of aromatic nitrogens is 2. The number of anilines is 2. The first-order valence-electron chi connectivity index (χ1n) is 12.3. The maximum Gasteiger partial charge on any atom is 0.410 e.